The molecule has 0 radical (unpaired) electrons. The highest BCUT2D eigenvalue weighted by Crippen LogP contribution is 2.47. The largest absolute Gasteiger partial charge is 0.454 e. The number of anilines is 6. The number of benzene rings is 11. The van der Waals surface area contributed by atoms with E-state index in [0.29, 0.717) is 5.56 Å². The van der Waals surface area contributed by atoms with Crippen molar-refractivity contribution in [3.63, 3.8) is 0 Å². The van der Waals surface area contributed by atoms with E-state index in [1.807, 2.05) is 24.3 Å². The number of hydrogen-bond acceptors (Lipinski definition) is 5. The Labute approximate surface area is 394 Å². The van der Waals surface area contributed by atoms with E-state index in [9.17, 15) is 5.26 Å². The van der Waals surface area contributed by atoms with E-state index in [1.54, 1.807) is 0 Å². The zero-order chi connectivity index (χ0) is 45.3. The zero-order valence-electron chi connectivity index (χ0n) is 36.9. The second-order valence-corrected chi connectivity index (χ2v) is 18.0. The zero-order valence-corrected chi connectivity index (χ0v) is 36.9. The van der Waals surface area contributed by atoms with Gasteiger partial charge in [0.15, 0.2) is 11.2 Å². The SMILES string of the molecule is N#Cc1cc2c3cc4ccc(N(c5ccccc5)c5cccc6c5oc5ccccc56)cc4cc3n3c4cc5cc(N(c6ccccc6)c6cccc7c6oc6ccccc67)ccc5cc4c(c1)c23. The van der Waals surface area contributed by atoms with E-state index in [-0.39, 0.29) is 0 Å². The van der Waals surface area contributed by atoms with Gasteiger partial charge in [-0.15, -0.1) is 0 Å². The molecule has 0 N–H and O–H groups in total. The topological polar surface area (TPSA) is 61.0 Å². The molecule has 11 aromatic carbocycles. The minimum absolute atomic E-state index is 0.645. The standard InChI is InChI=1S/C63H36N4O2/c64-37-38-29-53-51-33-39-25-27-45(65(43-13-3-1-4-14-43)55-21-11-19-49-47-17-7-9-23-59(47)68-62(49)55)31-41(39)35-57(51)67-58-36-42-32-46(28-26-40(42)34-52(58)54(30-38)61(53)67)66(44-15-5-2-6-16-44)56-22-12-20-50-48-18-8-10-24-60(48)69-63(50)56/h1-36H. The quantitative estimate of drug-likeness (QED) is 0.166. The van der Waals surface area contributed by atoms with E-state index in [0.717, 1.165) is 138 Å². The predicted molar refractivity (Wildman–Crippen MR) is 285 cm³/mol. The van der Waals surface area contributed by atoms with Crippen LogP contribution in [0.4, 0.5) is 34.1 Å². The van der Waals surface area contributed by atoms with Crippen molar-refractivity contribution in [2.45, 2.75) is 0 Å². The molecule has 0 aliphatic heterocycles. The molecular weight excluding hydrogens is 845 g/mol. The lowest BCUT2D eigenvalue weighted by Gasteiger charge is -2.26. The van der Waals surface area contributed by atoms with Gasteiger partial charge in [-0.3, -0.25) is 0 Å². The van der Waals surface area contributed by atoms with Crippen LogP contribution in [-0.4, -0.2) is 4.40 Å². The van der Waals surface area contributed by atoms with Crippen LogP contribution in [0.15, 0.2) is 227 Å². The van der Waals surface area contributed by atoms with E-state index in [4.69, 9.17) is 8.83 Å². The van der Waals surface area contributed by atoms with E-state index >= 15 is 0 Å². The Bertz CT molecular complexity index is 4350. The summed E-state index contributed by atoms with van der Waals surface area (Å²) in [5.41, 5.74) is 13.4. The third-order valence-electron chi connectivity index (χ3n) is 14.2. The number of hydrogen-bond donors (Lipinski definition) is 0. The molecule has 0 saturated heterocycles. The lowest BCUT2D eigenvalue weighted by molar-refractivity contribution is 0.668. The lowest BCUT2D eigenvalue weighted by Crippen LogP contribution is -2.10. The normalized spacial score (nSPS) is 12.0. The first-order valence-electron chi connectivity index (χ1n) is 23.2. The molecule has 15 rings (SSSR count). The van der Waals surface area contributed by atoms with Crippen molar-refractivity contribution in [3.8, 4) is 6.07 Å². The summed E-state index contributed by atoms with van der Waals surface area (Å²) in [5.74, 6) is 0. The predicted octanol–water partition coefficient (Wildman–Crippen LogP) is 17.8. The molecule has 6 heteroatoms. The molecule has 0 bridgehead atoms. The highest BCUT2D eigenvalue weighted by molar-refractivity contribution is 6.26. The molecule has 0 saturated carbocycles. The number of nitrogens with zero attached hydrogens (tertiary/aromatic N) is 4. The van der Waals surface area contributed by atoms with Gasteiger partial charge in [0.25, 0.3) is 0 Å². The molecule has 0 unspecified atom stereocenters. The molecule has 0 aliphatic carbocycles. The first kappa shape index (κ1) is 37.6. The highest BCUT2D eigenvalue weighted by atomic mass is 16.3. The fourth-order valence-electron chi connectivity index (χ4n) is 11.2. The van der Waals surface area contributed by atoms with Crippen LogP contribution in [0.2, 0.25) is 0 Å². The number of aromatic nitrogens is 1. The average molecular weight is 881 g/mol. The minimum Gasteiger partial charge on any atom is -0.454 e. The van der Waals surface area contributed by atoms with Crippen molar-refractivity contribution in [1.29, 1.82) is 5.26 Å². The third kappa shape index (κ3) is 5.47. The van der Waals surface area contributed by atoms with Gasteiger partial charge in [-0.2, -0.15) is 5.26 Å². The van der Waals surface area contributed by atoms with Crippen molar-refractivity contribution in [3.05, 3.63) is 224 Å². The number of rotatable bonds is 6. The third-order valence-corrected chi connectivity index (χ3v) is 14.2. The Morgan fingerprint density at radius 3 is 1.28 bits per heavy atom. The maximum absolute atomic E-state index is 10.4. The fraction of sp³-hybridized carbons (Fsp3) is 0. The summed E-state index contributed by atoms with van der Waals surface area (Å²) < 4.78 is 15.7. The Kier molecular flexibility index (Phi) is 7.75. The molecule has 0 spiro atoms. The maximum Gasteiger partial charge on any atom is 0.159 e. The van der Waals surface area contributed by atoms with Gasteiger partial charge in [-0.25, -0.2) is 0 Å². The van der Waals surface area contributed by atoms with Gasteiger partial charge in [0.05, 0.1) is 39.6 Å². The Morgan fingerprint density at radius 2 is 0.797 bits per heavy atom. The van der Waals surface area contributed by atoms with Gasteiger partial charge in [0.2, 0.25) is 0 Å². The van der Waals surface area contributed by atoms with Crippen LogP contribution in [0.25, 0.3) is 104 Å². The monoisotopic (exact) mass is 880 g/mol. The molecule has 6 nitrogen and oxygen atoms in total. The molecular formula is C63H36N4O2. The van der Waals surface area contributed by atoms with Crippen LogP contribution < -0.4 is 9.80 Å². The van der Waals surface area contributed by atoms with Crippen molar-refractivity contribution in [2.24, 2.45) is 0 Å². The van der Waals surface area contributed by atoms with Crippen LogP contribution in [0, 0.1) is 11.3 Å². The van der Waals surface area contributed by atoms with Gasteiger partial charge in [0.1, 0.15) is 11.2 Å². The molecule has 4 heterocycles. The van der Waals surface area contributed by atoms with Crippen molar-refractivity contribution in [1.82, 2.24) is 4.40 Å². The van der Waals surface area contributed by atoms with Crippen LogP contribution in [0.3, 0.4) is 0 Å². The van der Waals surface area contributed by atoms with E-state index in [1.165, 1.54) is 0 Å². The minimum atomic E-state index is 0.645. The van der Waals surface area contributed by atoms with Gasteiger partial charge in [0, 0.05) is 65.8 Å². The average Bonchev–Trinajstić information content (AvgIpc) is 4.15. The van der Waals surface area contributed by atoms with Crippen molar-refractivity contribution in [2.75, 3.05) is 9.80 Å². The number of nitriles is 1. The molecule has 0 fully saturated rings. The summed E-state index contributed by atoms with van der Waals surface area (Å²) in [6, 6.07) is 79.6. The van der Waals surface area contributed by atoms with Crippen LogP contribution >= 0.6 is 0 Å². The summed E-state index contributed by atoms with van der Waals surface area (Å²) in [6.45, 7) is 0. The van der Waals surface area contributed by atoms with Gasteiger partial charge >= 0.3 is 0 Å². The summed E-state index contributed by atoms with van der Waals surface area (Å²) in [5, 5.41) is 23.6. The highest BCUT2D eigenvalue weighted by Gasteiger charge is 2.24. The molecule has 0 atom stereocenters. The first-order chi connectivity index (χ1) is 34.1. The van der Waals surface area contributed by atoms with Crippen molar-refractivity contribution >= 4 is 138 Å². The molecule has 0 aliphatic rings. The number of furan rings is 2. The van der Waals surface area contributed by atoms with Gasteiger partial charge in [-0.05, 0) is 131 Å². The van der Waals surface area contributed by atoms with E-state index in [2.05, 4.69) is 214 Å². The van der Waals surface area contributed by atoms with Gasteiger partial charge < -0.3 is 23.0 Å². The molecule has 15 aromatic rings. The summed E-state index contributed by atoms with van der Waals surface area (Å²) in [6.07, 6.45) is 0. The number of fused-ring (bicyclic) bond motifs is 14. The lowest BCUT2D eigenvalue weighted by atomic mass is 10.0. The molecule has 320 valence electrons. The van der Waals surface area contributed by atoms with E-state index < -0.39 is 0 Å². The maximum atomic E-state index is 10.4. The molecule has 4 aromatic heterocycles. The van der Waals surface area contributed by atoms with Crippen LogP contribution in [0.5, 0.6) is 0 Å². The molecule has 0 amide bonds. The second-order valence-electron chi connectivity index (χ2n) is 18.0. The summed E-state index contributed by atoms with van der Waals surface area (Å²) in [4.78, 5) is 4.59. The van der Waals surface area contributed by atoms with Crippen LogP contribution in [0.1, 0.15) is 5.56 Å². The van der Waals surface area contributed by atoms with Crippen LogP contribution in [-0.2, 0) is 0 Å². The Hall–Kier alpha value is -9.57. The van der Waals surface area contributed by atoms with Gasteiger partial charge in [-0.1, -0.05) is 109 Å². The Morgan fingerprint density at radius 1 is 0.348 bits per heavy atom. The Balaban J connectivity index is 0.950. The number of para-hydroxylation sites is 6. The molecule has 69 heavy (non-hydrogen) atoms. The fourth-order valence-corrected chi connectivity index (χ4v) is 11.2. The first-order valence-corrected chi connectivity index (χ1v) is 23.2. The second kappa shape index (κ2) is 14.2. The summed E-state index contributed by atoms with van der Waals surface area (Å²) in [7, 11) is 0. The van der Waals surface area contributed by atoms with Crippen molar-refractivity contribution < 1.29 is 8.83 Å². The summed E-state index contributed by atoms with van der Waals surface area (Å²) >= 11 is 0. The smallest absolute Gasteiger partial charge is 0.159 e.